The lowest BCUT2D eigenvalue weighted by atomic mass is 10.2. The third-order valence-electron chi connectivity index (χ3n) is 3.79. The van der Waals surface area contributed by atoms with Gasteiger partial charge in [-0.05, 0) is 36.8 Å². The Bertz CT molecular complexity index is 958. The second-order valence-electron chi connectivity index (χ2n) is 5.68. The number of halogens is 1. The number of carbonyl (C=O) groups is 1. The third kappa shape index (κ3) is 4.08. The Hall–Kier alpha value is -2.32. The Labute approximate surface area is 163 Å². The van der Waals surface area contributed by atoms with Crippen LogP contribution in [0.1, 0.15) is 5.56 Å². The molecule has 1 heterocycles. The second-order valence-corrected chi connectivity index (χ2v) is 7.54. The number of thioether (sulfide) groups is 1. The molecule has 0 aliphatic heterocycles. The number of para-hydroxylation sites is 1. The van der Waals surface area contributed by atoms with Crippen molar-refractivity contribution in [3.63, 3.8) is 0 Å². The molecule has 0 aliphatic rings. The van der Waals surface area contributed by atoms with Crippen molar-refractivity contribution in [3.8, 4) is 17.1 Å². The third-order valence-corrected chi connectivity index (χ3v) is 5.30. The molecule has 2 N–H and O–H groups in total. The average molecular weight is 433 g/mol. The molecule has 2 aromatic carbocycles. The maximum Gasteiger partial charge on any atom is 0.234 e. The first-order chi connectivity index (χ1) is 12.5. The molecule has 1 amide bonds. The maximum atomic E-state index is 12.2. The van der Waals surface area contributed by atoms with Crippen LogP contribution in [-0.2, 0) is 11.8 Å². The predicted octanol–water partition coefficient (Wildman–Crippen LogP) is 3.99. The van der Waals surface area contributed by atoms with Gasteiger partial charge in [0.15, 0.2) is 11.0 Å². The number of phenolic OH excluding ortho intramolecular Hbond substituents is 1. The Morgan fingerprint density at radius 3 is 2.81 bits per heavy atom. The fourth-order valence-electron chi connectivity index (χ4n) is 2.39. The van der Waals surface area contributed by atoms with E-state index < -0.39 is 0 Å². The van der Waals surface area contributed by atoms with Crippen molar-refractivity contribution in [1.82, 2.24) is 14.8 Å². The van der Waals surface area contributed by atoms with Crippen LogP contribution in [0, 0.1) is 6.92 Å². The summed E-state index contributed by atoms with van der Waals surface area (Å²) in [5.41, 5.74) is 2.39. The van der Waals surface area contributed by atoms with Crippen molar-refractivity contribution in [3.05, 3.63) is 52.5 Å². The minimum Gasteiger partial charge on any atom is -0.507 e. The van der Waals surface area contributed by atoms with Crippen molar-refractivity contribution in [1.29, 1.82) is 0 Å². The molecule has 3 aromatic rings. The van der Waals surface area contributed by atoms with E-state index in [4.69, 9.17) is 0 Å². The summed E-state index contributed by atoms with van der Waals surface area (Å²) in [5, 5.41) is 21.8. The minimum atomic E-state index is -0.112. The molecule has 0 spiro atoms. The van der Waals surface area contributed by atoms with E-state index in [1.165, 1.54) is 11.8 Å². The quantitative estimate of drug-likeness (QED) is 0.595. The molecule has 3 rings (SSSR count). The summed E-state index contributed by atoms with van der Waals surface area (Å²) in [6.07, 6.45) is 0. The van der Waals surface area contributed by atoms with Gasteiger partial charge in [-0.2, -0.15) is 0 Å². The Morgan fingerprint density at radius 1 is 1.27 bits per heavy atom. The van der Waals surface area contributed by atoms with Crippen LogP contribution in [0.2, 0.25) is 0 Å². The van der Waals surface area contributed by atoms with E-state index in [9.17, 15) is 9.90 Å². The van der Waals surface area contributed by atoms with E-state index in [1.807, 2.05) is 31.2 Å². The van der Waals surface area contributed by atoms with Crippen LogP contribution in [0.25, 0.3) is 11.4 Å². The summed E-state index contributed by atoms with van der Waals surface area (Å²) >= 11 is 4.68. The maximum absolute atomic E-state index is 12.2. The van der Waals surface area contributed by atoms with E-state index in [0.29, 0.717) is 16.5 Å². The van der Waals surface area contributed by atoms with Crippen molar-refractivity contribution in [2.45, 2.75) is 12.1 Å². The van der Waals surface area contributed by atoms with Gasteiger partial charge in [0.05, 0.1) is 11.3 Å². The molecule has 26 heavy (non-hydrogen) atoms. The molecule has 6 nitrogen and oxygen atoms in total. The molecular weight excluding hydrogens is 416 g/mol. The van der Waals surface area contributed by atoms with Crippen LogP contribution < -0.4 is 5.32 Å². The molecule has 0 aliphatic carbocycles. The number of hydrogen-bond acceptors (Lipinski definition) is 5. The van der Waals surface area contributed by atoms with Gasteiger partial charge in [0, 0.05) is 17.2 Å². The summed E-state index contributed by atoms with van der Waals surface area (Å²) in [7, 11) is 1.80. The topological polar surface area (TPSA) is 80.0 Å². The predicted molar refractivity (Wildman–Crippen MR) is 106 cm³/mol. The van der Waals surface area contributed by atoms with Gasteiger partial charge in [0.25, 0.3) is 0 Å². The summed E-state index contributed by atoms with van der Waals surface area (Å²) in [5.74, 6) is 0.757. The van der Waals surface area contributed by atoms with Crippen LogP contribution in [0.15, 0.2) is 52.1 Å². The van der Waals surface area contributed by atoms with Gasteiger partial charge in [0.1, 0.15) is 5.75 Å². The molecule has 0 atom stereocenters. The van der Waals surface area contributed by atoms with Crippen molar-refractivity contribution >= 4 is 39.3 Å². The normalized spacial score (nSPS) is 10.7. The number of rotatable bonds is 5. The van der Waals surface area contributed by atoms with Crippen LogP contribution in [0.3, 0.4) is 0 Å². The van der Waals surface area contributed by atoms with Gasteiger partial charge in [0.2, 0.25) is 5.91 Å². The minimum absolute atomic E-state index is 0.112. The highest BCUT2D eigenvalue weighted by molar-refractivity contribution is 9.10. The summed E-state index contributed by atoms with van der Waals surface area (Å²) in [6.45, 7) is 1.95. The van der Waals surface area contributed by atoms with E-state index in [2.05, 4.69) is 31.4 Å². The Kier molecular flexibility index (Phi) is 5.63. The molecule has 8 heteroatoms. The number of nitrogens with one attached hydrogen (secondary N) is 1. The zero-order valence-electron chi connectivity index (χ0n) is 14.2. The van der Waals surface area contributed by atoms with Crippen LogP contribution in [-0.4, -0.2) is 31.5 Å². The summed E-state index contributed by atoms with van der Waals surface area (Å²) < 4.78 is 2.59. The van der Waals surface area contributed by atoms with Gasteiger partial charge in [-0.25, -0.2) is 0 Å². The number of amides is 1. The molecule has 0 saturated heterocycles. The molecule has 0 saturated carbocycles. The molecule has 134 valence electrons. The lowest BCUT2D eigenvalue weighted by Gasteiger charge is -2.08. The number of benzene rings is 2. The van der Waals surface area contributed by atoms with Gasteiger partial charge in [-0.15, -0.1) is 10.2 Å². The van der Waals surface area contributed by atoms with Crippen LogP contribution in [0.4, 0.5) is 5.69 Å². The molecule has 0 radical (unpaired) electrons. The Balaban J connectivity index is 1.70. The zero-order chi connectivity index (χ0) is 18.7. The number of aromatic hydroxyl groups is 1. The van der Waals surface area contributed by atoms with Gasteiger partial charge in [-0.3, -0.25) is 4.79 Å². The lowest BCUT2D eigenvalue weighted by molar-refractivity contribution is -0.113. The number of hydrogen-bond donors (Lipinski definition) is 2. The molecule has 1 aromatic heterocycles. The van der Waals surface area contributed by atoms with Crippen LogP contribution >= 0.6 is 27.7 Å². The summed E-state index contributed by atoms with van der Waals surface area (Å²) in [6, 6.07) is 12.7. The van der Waals surface area contributed by atoms with E-state index in [-0.39, 0.29) is 17.4 Å². The van der Waals surface area contributed by atoms with Crippen molar-refractivity contribution in [2.24, 2.45) is 7.05 Å². The lowest BCUT2D eigenvalue weighted by Crippen LogP contribution is -2.15. The number of carbonyl (C=O) groups excluding carboxylic acids is 1. The summed E-state index contributed by atoms with van der Waals surface area (Å²) in [4.78, 5) is 12.2. The number of aryl methyl sites for hydroxylation is 1. The number of nitrogens with zero attached hydrogens (tertiary/aromatic N) is 3. The monoisotopic (exact) mass is 432 g/mol. The van der Waals surface area contributed by atoms with Crippen LogP contribution in [0.5, 0.6) is 5.75 Å². The number of phenols is 1. The van der Waals surface area contributed by atoms with E-state index in [1.54, 1.807) is 29.8 Å². The van der Waals surface area contributed by atoms with Crippen molar-refractivity contribution in [2.75, 3.05) is 11.1 Å². The number of aromatic nitrogens is 3. The zero-order valence-corrected chi connectivity index (χ0v) is 16.6. The highest BCUT2D eigenvalue weighted by Gasteiger charge is 2.16. The fourth-order valence-corrected chi connectivity index (χ4v) is 3.46. The van der Waals surface area contributed by atoms with Gasteiger partial charge >= 0.3 is 0 Å². The largest absolute Gasteiger partial charge is 0.507 e. The standard InChI is InChI=1S/C18H17BrN4O2S/c1-11-5-3-4-6-14(11)20-16(25)10-26-18-22-21-17(23(18)2)13-9-12(19)7-8-15(13)24/h3-9,24H,10H2,1-2H3,(H,20,25). The molecular formula is C18H17BrN4O2S. The SMILES string of the molecule is Cc1ccccc1NC(=O)CSc1nnc(-c2cc(Br)ccc2O)n1C. The first-order valence-corrected chi connectivity index (χ1v) is 9.60. The van der Waals surface area contributed by atoms with E-state index in [0.717, 1.165) is 15.7 Å². The van der Waals surface area contributed by atoms with E-state index >= 15 is 0 Å². The average Bonchev–Trinajstić information content (AvgIpc) is 2.98. The fraction of sp³-hybridized carbons (Fsp3) is 0.167. The highest BCUT2D eigenvalue weighted by Crippen LogP contribution is 2.32. The van der Waals surface area contributed by atoms with Crippen molar-refractivity contribution < 1.29 is 9.90 Å². The first kappa shape index (κ1) is 18.5. The smallest absolute Gasteiger partial charge is 0.234 e. The molecule has 0 bridgehead atoms. The Morgan fingerprint density at radius 2 is 2.04 bits per heavy atom. The first-order valence-electron chi connectivity index (χ1n) is 7.82. The molecule has 0 fully saturated rings. The number of anilines is 1. The van der Waals surface area contributed by atoms with Gasteiger partial charge < -0.3 is 15.0 Å². The molecule has 0 unspecified atom stereocenters. The highest BCUT2D eigenvalue weighted by atomic mass is 79.9. The van der Waals surface area contributed by atoms with Gasteiger partial charge in [-0.1, -0.05) is 45.9 Å². The second kappa shape index (κ2) is 7.92.